The molecule has 2 aromatic heterocycles. The SMILES string of the molecule is COc1cc(Cl)cc2c(C)csc12.Cc1csc2c(Br)cc(Cl)cc12. The van der Waals surface area contributed by atoms with E-state index < -0.39 is 0 Å². The summed E-state index contributed by atoms with van der Waals surface area (Å²) in [6.45, 7) is 4.18. The van der Waals surface area contributed by atoms with Crippen molar-refractivity contribution in [2.45, 2.75) is 13.8 Å². The Kier molecular flexibility index (Phi) is 5.96. The molecule has 4 rings (SSSR count). The molecular formula is C19H15BrCl2OS2. The van der Waals surface area contributed by atoms with E-state index in [1.54, 1.807) is 29.8 Å². The average Bonchev–Trinajstić information content (AvgIpc) is 3.12. The third-order valence-corrected chi connectivity index (χ3v) is 7.40. The van der Waals surface area contributed by atoms with E-state index in [4.69, 9.17) is 27.9 Å². The largest absolute Gasteiger partial charge is 0.495 e. The second-order valence-corrected chi connectivity index (χ2v) is 9.07. The van der Waals surface area contributed by atoms with Gasteiger partial charge in [0.05, 0.1) is 11.8 Å². The van der Waals surface area contributed by atoms with Crippen LogP contribution in [0.15, 0.2) is 39.5 Å². The first-order valence-corrected chi connectivity index (χ1v) is 10.8. The minimum Gasteiger partial charge on any atom is -0.495 e. The highest BCUT2D eigenvalue weighted by Crippen LogP contribution is 2.36. The van der Waals surface area contributed by atoms with Gasteiger partial charge in [0, 0.05) is 30.7 Å². The molecule has 4 aromatic rings. The van der Waals surface area contributed by atoms with Crippen LogP contribution in [-0.2, 0) is 0 Å². The number of hydrogen-bond acceptors (Lipinski definition) is 3. The molecule has 0 radical (unpaired) electrons. The quantitative estimate of drug-likeness (QED) is 0.269. The molecule has 0 saturated carbocycles. The molecule has 6 heteroatoms. The Bertz CT molecular complexity index is 1050. The van der Waals surface area contributed by atoms with Gasteiger partial charge in [-0.1, -0.05) is 23.2 Å². The second-order valence-electron chi connectivity index (χ2n) is 5.59. The van der Waals surface area contributed by atoms with E-state index in [1.807, 2.05) is 24.3 Å². The zero-order valence-electron chi connectivity index (χ0n) is 13.8. The monoisotopic (exact) mass is 472 g/mol. The molecule has 0 bridgehead atoms. The molecule has 0 aliphatic heterocycles. The van der Waals surface area contributed by atoms with Crippen LogP contribution in [0.3, 0.4) is 0 Å². The van der Waals surface area contributed by atoms with Gasteiger partial charge in [0.1, 0.15) is 5.75 Å². The molecule has 0 atom stereocenters. The number of rotatable bonds is 1. The lowest BCUT2D eigenvalue weighted by Gasteiger charge is -2.02. The predicted molar refractivity (Wildman–Crippen MR) is 117 cm³/mol. The summed E-state index contributed by atoms with van der Waals surface area (Å²) in [6.07, 6.45) is 0. The smallest absolute Gasteiger partial charge is 0.138 e. The minimum atomic E-state index is 0.728. The van der Waals surface area contributed by atoms with Crippen molar-refractivity contribution in [3.63, 3.8) is 0 Å². The molecule has 0 amide bonds. The summed E-state index contributed by atoms with van der Waals surface area (Å²) in [4.78, 5) is 0. The molecule has 0 aliphatic rings. The summed E-state index contributed by atoms with van der Waals surface area (Å²) in [7, 11) is 1.67. The molecule has 0 unspecified atom stereocenters. The summed E-state index contributed by atoms with van der Waals surface area (Å²) in [5.74, 6) is 0.862. The zero-order chi connectivity index (χ0) is 18.1. The van der Waals surface area contributed by atoms with Gasteiger partial charge >= 0.3 is 0 Å². The van der Waals surface area contributed by atoms with Gasteiger partial charge in [-0.15, -0.1) is 22.7 Å². The van der Waals surface area contributed by atoms with Crippen LogP contribution in [-0.4, -0.2) is 7.11 Å². The van der Waals surface area contributed by atoms with Crippen LogP contribution in [0, 0.1) is 13.8 Å². The van der Waals surface area contributed by atoms with Crippen LogP contribution >= 0.6 is 61.8 Å². The van der Waals surface area contributed by atoms with Crippen LogP contribution in [0.2, 0.25) is 10.0 Å². The van der Waals surface area contributed by atoms with Crippen molar-refractivity contribution in [1.29, 1.82) is 0 Å². The molecule has 0 fully saturated rings. The highest BCUT2D eigenvalue weighted by Gasteiger charge is 2.07. The van der Waals surface area contributed by atoms with Crippen molar-refractivity contribution >= 4 is 82.0 Å². The van der Waals surface area contributed by atoms with Crippen LogP contribution in [0.25, 0.3) is 20.2 Å². The third-order valence-electron chi connectivity index (χ3n) is 3.80. The van der Waals surface area contributed by atoms with Crippen molar-refractivity contribution in [2.75, 3.05) is 7.11 Å². The van der Waals surface area contributed by atoms with Crippen molar-refractivity contribution in [1.82, 2.24) is 0 Å². The van der Waals surface area contributed by atoms with Crippen molar-refractivity contribution in [2.24, 2.45) is 0 Å². The number of thiophene rings is 2. The first kappa shape index (κ1) is 19.0. The third kappa shape index (κ3) is 3.99. The predicted octanol–water partition coefficient (Wildman–Crippen LogP) is 8.50. The van der Waals surface area contributed by atoms with Crippen LogP contribution in [0.1, 0.15) is 11.1 Å². The highest BCUT2D eigenvalue weighted by molar-refractivity contribution is 9.10. The van der Waals surface area contributed by atoms with Crippen molar-refractivity contribution in [3.8, 4) is 5.75 Å². The summed E-state index contributed by atoms with van der Waals surface area (Å²) >= 11 is 18.8. The fourth-order valence-electron chi connectivity index (χ4n) is 2.53. The molecule has 2 heterocycles. The molecule has 2 aromatic carbocycles. The van der Waals surface area contributed by atoms with Gasteiger partial charge in [0.25, 0.3) is 0 Å². The zero-order valence-corrected chi connectivity index (χ0v) is 18.6. The van der Waals surface area contributed by atoms with E-state index in [-0.39, 0.29) is 0 Å². The summed E-state index contributed by atoms with van der Waals surface area (Å²) in [5.41, 5.74) is 2.54. The van der Waals surface area contributed by atoms with Crippen LogP contribution in [0.5, 0.6) is 5.75 Å². The standard InChI is InChI=1S/C10H9ClOS.C9H6BrClS/c1-6-5-13-10-8(6)3-7(11)4-9(10)12-2;1-5-4-12-9-7(5)2-6(11)3-8(9)10/h3-5H,1-2H3;2-4H,1H3. The van der Waals surface area contributed by atoms with E-state index in [0.717, 1.165) is 20.3 Å². The number of methoxy groups -OCH3 is 1. The molecule has 0 saturated heterocycles. The molecule has 25 heavy (non-hydrogen) atoms. The Labute approximate surface area is 173 Å². The lowest BCUT2D eigenvalue weighted by molar-refractivity contribution is 0.420. The van der Waals surface area contributed by atoms with Crippen LogP contribution in [0.4, 0.5) is 0 Å². The maximum atomic E-state index is 5.96. The number of halogens is 3. The maximum absolute atomic E-state index is 5.96. The van der Waals surface area contributed by atoms with Crippen molar-refractivity contribution in [3.05, 3.63) is 60.7 Å². The van der Waals surface area contributed by atoms with Crippen LogP contribution < -0.4 is 4.74 Å². The second kappa shape index (κ2) is 7.85. The number of aryl methyl sites for hydroxylation is 2. The Hall–Kier alpha value is -0.780. The minimum absolute atomic E-state index is 0.728. The number of fused-ring (bicyclic) bond motifs is 2. The fourth-order valence-corrected chi connectivity index (χ4v) is 5.80. The normalized spacial score (nSPS) is 10.8. The van der Waals surface area contributed by atoms with E-state index in [1.165, 1.54) is 31.3 Å². The lowest BCUT2D eigenvalue weighted by atomic mass is 10.2. The molecule has 0 N–H and O–H groups in total. The molecule has 0 aliphatic carbocycles. The first-order valence-electron chi connectivity index (χ1n) is 7.45. The lowest BCUT2D eigenvalue weighted by Crippen LogP contribution is -1.82. The van der Waals surface area contributed by atoms with Gasteiger partial charge in [-0.2, -0.15) is 0 Å². The molecule has 130 valence electrons. The van der Waals surface area contributed by atoms with Gasteiger partial charge in [-0.3, -0.25) is 0 Å². The number of ether oxygens (including phenoxy) is 1. The van der Waals surface area contributed by atoms with E-state index in [9.17, 15) is 0 Å². The topological polar surface area (TPSA) is 9.23 Å². The van der Waals surface area contributed by atoms with E-state index in [0.29, 0.717) is 0 Å². The summed E-state index contributed by atoms with van der Waals surface area (Å²) < 4.78 is 8.78. The summed E-state index contributed by atoms with van der Waals surface area (Å²) in [5, 5.41) is 8.21. The van der Waals surface area contributed by atoms with Gasteiger partial charge in [0.2, 0.25) is 0 Å². The fraction of sp³-hybridized carbons (Fsp3) is 0.158. The van der Waals surface area contributed by atoms with E-state index in [2.05, 4.69) is 40.5 Å². The maximum Gasteiger partial charge on any atom is 0.138 e. The van der Waals surface area contributed by atoms with E-state index >= 15 is 0 Å². The molecular weight excluding hydrogens is 459 g/mol. The first-order chi connectivity index (χ1) is 11.9. The van der Waals surface area contributed by atoms with Gasteiger partial charge < -0.3 is 4.74 Å². The van der Waals surface area contributed by atoms with Gasteiger partial charge in [0.15, 0.2) is 0 Å². The Balaban J connectivity index is 0.000000146. The average molecular weight is 474 g/mol. The Morgan fingerprint density at radius 3 is 1.96 bits per heavy atom. The van der Waals surface area contributed by atoms with Gasteiger partial charge in [-0.05, 0) is 75.2 Å². The number of hydrogen-bond donors (Lipinski definition) is 0. The molecule has 0 spiro atoms. The van der Waals surface area contributed by atoms with Crippen molar-refractivity contribution < 1.29 is 4.74 Å². The Morgan fingerprint density at radius 2 is 1.36 bits per heavy atom. The van der Waals surface area contributed by atoms with Gasteiger partial charge in [-0.25, -0.2) is 0 Å². The number of benzene rings is 2. The summed E-state index contributed by atoms with van der Waals surface area (Å²) in [6, 6.07) is 7.76. The Morgan fingerprint density at radius 1 is 0.840 bits per heavy atom. The highest BCUT2D eigenvalue weighted by atomic mass is 79.9. The molecule has 1 nitrogen and oxygen atoms in total.